The molecule has 31 heavy (non-hydrogen) atoms. The number of para-hydroxylation sites is 1. The van der Waals surface area contributed by atoms with E-state index in [4.69, 9.17) is 4.74 Å². The number of ether oxygens (including phenoxy) is 1. The third kappa shape index (κ3) is 5.27. The zero-order chi connectivity index (χ0) is 21.8. The molecule has 1 aromatic heterocycles. The van der Waals surface area contributed by atoms with Crippen LogP contribution in [0.2, 0.25) is 0 Å². The van der Waals surface area contributed by atoms with Crippen LogP contribution in [0.15, 0.2) is 42.6 Å². The third-order valence-corrected chi connectivity index (χ3v) is 6.71. The van der Waals surface area contributed by atoms with Crippen molar-refractivity contribution in [3.8, 4) is 5.75 Å². The van der Waals surface area contributed by atoms with Gasteiger partial charge in [0.15, 0.2) is 0 Å². The zero-order valence-electron chi connectivity index (χ0n) is 18.4. The van der Waals surface area contributed by atoms with Gasteiger partial charge in [-0.05, 0) is 49.8 Å². The minimum atomic E-state index is 0.127. The van der Waals surface area contributed by atoms with Crippen molar-refractivity contribution in [1.29, 1.82) is 0 Å². The predicted octanol–water partition coefficient (Wildman–Crippen LogP) is 2.60. The number of nitrogens with zero attached hydrogens (tertiary/aromatic N) is 4. The molecule has 7 heteroatoms. The van der Waals surface area contributed by atoms with E-state index in [1.165, 1.54) is 0 Å². The zero-order valence-corrected chi connectivity index (χ0v) is 18.4. The normalized spacial score (nSPS) is 22.0. The Bertz CT molecular complexity index is 889. The summed E-state index contributed by atoms with van der Waals surface area (Å²) in [6.45, 7) is 7.59. The van der Waals surface area contributed by atoms with Crippen molar-refractivity contribution >= 4 is 11.8 Å². The Balaban J connectivity index is 1.33. The van der Waals surface area contributed by atoms with Gasteiger partial charge >= 0.3 is 0 Å². The van der Waals surface area contributed by atoms with Crippen LogP contribution in [0.4, 0.5) is 0 Å². The third-order valence-electron chi connectivity index (χ3n) is 6.71. The molecule has 2 aliphatic heterocycles. The second-order valence-electron chi connectivity index (χ2n) is 8.84. The van der Waals surface area contributed by atoms with Gasteiger partial charge in [-0.2, -0.15) is 5.10 Å². The van der Waals surface area contributed by atoms with Crippen molar-refractivity contribution in [2.45, 2.75) is 33.2 Å². The summed E-state index contributed by atoms with van der Waals surface area (Å²) in [7, 11) is 0. The van der Waals surface area contributed by atoms with E-state index in [1.807, 2.05) is 59.3 Å². The lowest BCUT2D eigenvalue weighted by atomic mass is 9.78. The van der Waals surface area contributed by atoms with E-state index in [2.05, 4.69) is 5.10 Å². The van der Waals surface area contributed by atoms with Gasteiger partial charge in [0.1, 0.15) is 12.3 Å². The first kappa shape index (κ1) is 21.4. The standard InChI is InChI=1S/C24H32N4O3/c1-18-8-13-28(25-18)16-24(30)26-11-9-20(10-12-26)23-15-27(19(2)29)14-21(23)17-31-22-6-4-3-5-7-22/h3-8,13,20-21,23H,9-12,14-17H2,1-2H3/t21-,23-/m0/s1. The number of carbonyl (C=O) groups excluding carboxylic acids is 2. The van der Waals surface area contributed by atoms with Crippen LogP contribution < -0.4 is 4.74 Å². The second-order valence-corrected chi connectivity index (χ2v) is 8.84. The molecule has 2 saturated heterocycles. The number of carbonyl (C=O) groups is 2. The molecule has 2 fully saturated rings. The first-order chi connectivity index (χ1) is 15.0. The van der Waals surface area contributed by atoms with Crippen LogP contribution >= 0.6 is 0 Å². The Labute approximate surface area is 184 Å². The number of aromatic nitrogens is 2. The summed E-state index contributed by atoms with van der Waals surface area (Å²) in [5.74, 6) is 2.38. The van der Waals surface area contributed by atoms with Gasteiger partial charge in [0.05, 0.1) is 12.3 Å². The maximum absolute atomic E-state index is 12.7. The average molecular weight is 425 g/mol. The number of benzene rings is 1. The van der Waals surface area contributed by atoms with Crippen molar-refractivity contribution in [3.63, 3.8) is 0 Å². The van der Waals surface area contributed by atoms with Crippen LogP contribution in [0.5, 0.6) is 5.75 Å². The molecule has 2 amide bonds. The summed E-state index contributed by atoms with van der Waals surface area (Å²) >= 11 is 0. The number of hydrogen-bond donors (Lipinski definition) is 0. The number of rotatable bonds is 6. The fraction of sp³-hybridized carbons (Fsp3) is 0.542. The highest BCUT2D eigenvalue weighted by Gasteiger charge is 2.40. The summed E-state index contributed by atoms with van der Waals surface area (Å²) in [4.78, 5) is 28.6. The van der Waals surface area contributed by atoms with Gasteiger partial charge in [-0.25, -0.2) is 0 Å². The van der Waals surface area contributed by atoms with Gasteiger partial charge in [-0.1, -0.05) is 18.2 Å². The highest BCUT2D eigenvalue weighted by Crippen LogP contribution is 2.36. The largest absolute Gasteiger partial charge is 0.493 e. The van der Waals surface area contributed by atoms with Crippen molar-refractivity contribution in [3.05, 3.63) is 48.3 Å². The van der Waals surface area contributed by atoms with E-state index >= 15 is 0 Å². The van der Waals surface area contributed by atoms with Crippen molar-refractivity contribution < 1.29 is 14.3 Å². The topological polar surface area (TPSA) is 67.7 Å². The van der Waals surface area contributed by atoms with Crippen LogP contribution in [0.1, 0.15) is 25.5 Å². The van der Waals surface area contributed by atoms with Crippen molar-refractivity contribution in [2.24, 2.45) is 17.8 Å². The van der Waals surface area contributed by atoms with E-state index in [9.17, 15) is 9.59 Å². The maximum Gasteiger partial charge on any atom is 0.244 e. The second kappa shape index (κ2) is 9.54. The van der Waals surface area contributed by atoms with Crippen LogP contribution in [-0.4, -0.2) is 64.2 Å². The van der Waals surface area contributed by atoms with Crippen LogP contribution in [0.3, 0.4) is 0 Å². The quantitative estimate of drug-likeness (QED) is 0.715. The number of hydrogen-bond acceptors (Lipinski definition) is 4. The number of amides is 2. The Kier molecular flexibility index (Phi) is 6.59. The average Bonchev–Trinajstić information content (AvgIpc) is 3.39. The lowest BCUT2D eigenvalue weighted by Gasteiger charge is -2.36. The molecule has 0 aliphatic carbocycles. The number of likely N-dealkylation sites (tertiary alicyclic amines) is 2. The van der Waals surface area contributed by atoms with E-state index in [-0.39, 0.29) is 11.8 Å². The molecule has 2 aromatic rings. The van der Waals surface area contributed by atoms with Gasteiger partial charge in [0.2, 0.25) is 11.8 Å². The molecule has 1 aromatic carbocycles. The lowest BCUT2D eigenvalue weighted by Crippen LogP contribution is -2.43. The van der Waals surface area contributed by atoms with Crippen LogP contribution in [-0.2, 0) is 16.1 Å². The highest BCUT2D eigenvalue weighted by molar-refractivity contribution is 5.76. The molecule has 0 bridgehead atoms. The summed E-state index contributed by atoms with van der Waals surface area (Å²) < 4.78 is 7.77. The van der Waals surface area contributed by atoms with Gasteiger partial charge in [-0.3, -0.25) is 14.3 Å². The minimum absolute atomic E-state index is 0.127. The molecule has 4 rings (SSSR count). The molecule has 7 nitrogen and oxygen atoms in total. The van der Waals surface area contributed by atoms with Gasteiger partial charge in [-0.15, -0.1) is 0 Å². The van der Waals surface area contributed by atoms with Gasteiger partial charge in [0.25, 0.3) is 0 Å². The Morgan fingerprint density at radius 2 is 1.81 bits per heavy atom. The van der Waals surface area contributed by atoms with Crippen LogP contribution in [0, 0.1) is 24.7 Å². The van der Waals surface area contributed by atoms with E-state index in [0.29, 0.717) is 30.9 Å². The van der Waals surface area contributed by atoms with E-state index in [1.54, 1.807) is 11.6 Å². The molecule has 166 valence electrons. The van der Waals surface area contributed by atoms with E-state index < -0.39 is 0 Å². The predicted molar refractivity (Wildman–Crippen MR) is 117 cm³/mol. The highest BCUT2D eigenvalue weighted by atomic mass is 16.5. The molecule has 0 saturated carbocycles. The van der Waals surface area contributed by atoms with Crippen molar-refractivity contribution in [2.75, 3.05) is 32.8 Å². The number of aryl methyl sites for hydroxylation is 1. The van der Waals surface area contributed by atoms with Gasteiger partial charge < -0.3 is 14.5 Å². The Morgan fingerprint density at radius 1 is 1.06 bits per heavy atom. The molecule has 2 aliphatic rings. The molecule has 0 spiro atoms. The molecule has 3 heterocycles. The summed E-state index contributed by atoms with van der Waals surface area (Å²) in [6, 6.07) is 11.8. The molecular formula is C24H32N4O3. The van der Waals surface area contributed by atoms with Crippen molar-refractivity contribution in [1.82, 2.24) is 19.6 Å². The molecule has 0 unspecified atom stereocenters. The summed E-state index contributed by atoms with van der Waals surface area (Å²) in [5, 5.41) is 4.32. The minimum Gasteiger partial charge on any atom is -0.493 e. The smallest absolute Gasteiger partial charge is 0.244 e. The summed E-state index contributed by atoms with van der Waals surface area (Å²) in [5.41, 5.74) is 0.923. The molecular weight excluding hydrogens is 392 g/mol. The first-order valence-electron chi connectivity index (χ1n) is 11.2. The molecule has 2 atom stereocenters. The Hall–Kier alpha value is -2.83. The van der Waals surface area contributed by atoms with Crippen LogP contribution in [0.25, 0.3) is 0 Å². The fourth-order valence-electron chi connectivity index (χ4n) is 4.95. The SMILES string of the molecule is CC(=O)N1C[C@@H](COc2ccccc2)[C@H](C2CCN(C(=O)Cn3ccc(C)n3)CC2)C1. The lowest BCUT2D eigenvalue weighted by molar-refractivity contribution is -0.133. The summed E-state index contributed by atoms with van der Waals surface area (Å²) in [6.07, 6.45) is 3.80. The fourth-order valence-corrected chi connectivity index (χ4v) is 4.95. The first-order valence-corrected chi connectivity index (χ1v) is 11.2. The monoisotopic (exact) mass is 424 g/mol. The maximum atomic E-state index is 12.7. The molecule has 0 radical (unpaired) electrons. The molecule has 0 N–H and O–H groups in total. The van der Waals surface area contributed by atoms with E-state index in [0.717, 1.165) is 50.5 Å². The number of piperidine rings is 1. The Morgan fingerprint density at radius 3 is 2.45 bits per heavy atom. The van der Waals surface area contributed by atoms with Gasteiger partial charge in [0, 0.05) is 45.2 Å².